The molecule has 0 spiro atoms. The molecular formula is C17H24O3. The van der Waals surface area contributed by atoms with Crippen LogP contribution in [-0.2, 0) is 9.53 Å². The fourth-order valence-electron chi connectivity index (χ4n) is 2.41. The third-order valence-corrected chi connectivity index (χ3v) is 3.86. The smallest absolute Gasteiger partial charge is 0.309 e. The molecule has 0 amide bonds. The maximum absolute atomic E-state index is 12.2. The highest BCUT2D eigenvalue weighted by Crippen LogP contribution is 2.39. The molecule has 2 rings (SSSR count). The van der Waals surface area contributed by atoms with E-state index in [0.29, 0.717) is 0 Å². The minimum absolute atomic E-state index is 0.0565. The number of hydrogen-bond donors (Lipinski definition) is 0. The molecule has 1 atom stereocenters. The quantitative estimate of drug-likeness (QED) is 0.776. The maximum Gasteiger partial charge on any atom is 0.309 e. The first-order valence-electron chi connectivity index (χ1n) is 7.26. The van der Waals surface area contributed by atoms with Crippen molar-refractivity contribution < 1.29 is 14.3 Å². The highest BCUT2D eigenvalue weighted by atomic mass is 16.5. The normalized spacial score (nSPS) is 17.2. The van der Waals surface area contributed by atoms with Gasteiger partial charge in [-0.05, 0) is 30.5 Å². The molecule has 3 nitrogen and oxygen atoms in total. The lowest BCUT2D eigenvalue weighted by atomic mass is 9.83. The van der Waals surface area contributed by atoms with Gasteiger partial charge in [-0.3, -0.25) is 4.79 Å². The molecule has 1 aromatic carbocycles. The molecule has 0 saturated heterocycles. The van der Waals surface area contributed by atoms with Gasteiger partial charge in [-0.25, -0.2) is 0 Å². The Labute approximate surface area is 121 Å². The van der Waals surface area contributed by atoms with E-state index >= 15 is 0 Å². The zero-order chi connectivity index (χ0) is 14.8. The Kier molecular flexibility index (Phi) is 4.36. The maximum atomic E-state index is 12.2. The number of rotatable bonds is 4. The van der Waals surface area contributed by atoms with Gasteiger partial charge in [0, 0.05) is 5.41 Å². The number of carbonyl (C=O) groups excluding carboxylic acids is 1. The monoisotopic (exact) mass is 276 g/mol. The minimum atomic E-state index is -0.245. The minimum Gasteiger partial charge on any atom is -0.497 e. The largest absolute Gasteiger partial charge is 0.497 e. The van der Waals surface area contributed by atoms with E-state index in [1.54, 1.807) is 7.11 Å². The topological polar surface area (TPSA) is 35.5 Å². The van der Waals surface area contributed by atoms with E-state index in [9.17, 15) is 4.79 Å². The molecule has 1 fully saturated rings. The number of methoxy groups -OCH3 is 1. The van der Waals surface area contributed by atoms with Gasteiger partial charge in [0.25, 0.3) is 0 Å². The van der Waals surface area contributed by atoms with Crippen LogP contribution in [0.15, 0.2) is 24.3 Å². The summed E-state index contributed by atoms with van der Waals surface area (Å²) in [5.41, 5.74) is 0.843. The van der Waals surface area contributed by atoms with Crippen molar-refractivity contribution in [2.24, 2.45) is 11.3 Å². The van der Waals surface area contributed by atoms with E-state index in [1.165, 1.54) is 0 Å². The summed E-state index contributed by atoms with van der Waals surface area (Å²) >= 11 is 0. The second kappa shape index (κ2) is 5.86. The van der Waals surface area contributed by atoms with Crippen molar-refractivity contribution in [2.45, 2.75) is 46.1 Å². The van der Waals surface area contributed by atoms with Crippen molar-refractivity contribution in [3.63, 3.8) is 0 Å². The lowest BCUT2D eigenvalue weighted by molar-refractivity contribution is -0.163. The molecule has 110 valence electrons. The summed E-state index contributed by atoms with van der Waals surface area (Å²) in [6, 6.07) is 7.78. The zero-order valence-electron chi connectivity index (χ0n) is 12.8. The molecule has 3 heteroatoms. The zero-order valence-corrected chi connectivity index (χ0v) is 12.8. The summed E-state index contributed by atoms with van der Waals surface area (Å²) in [6.45, 7) is 6.27. The molecule has 1 saturated carbocycles. The Hall–Kier alpha value is -1.51. The third kappa shape index (κ3) is 3.33. The van der Waals surface area contributed by atoms with Crippen molar-refractivity contribution in [3.8, 4) is 5.75 Å². The van der Waals surface area contributed by atoms with Crippen LogP contribution in [0.25, 0.3) is 0 Å². The first kappa shape index (κ1) is 14.9. The van der Waals surface area contributed by atoms with Gasteiger partial charge in [-0.1, -0.05) is 39.3 Å². The van der Waals surface area contributed by atoms with Crippen LogP contribution in [0.2, 0.25) is 0 Å². The molecule has 1 aromatic rings. The Morgan fingerprint density at radius 2 is 2.00 bits per heavy atom. The lowest BCUT2D eigenvalue weighted by Gasteiger charge is -2.33. The van der Waals surface area contributed by atoms with E-state index in [2.05, 4.69) is 20.8 Å². The summed E-state index contributed by atoms with van der Waals surface area (Å²) in [7, 11) is 1.64. The second-order valence-corrected chi connectivity index (χ2v) is 6.59. The molecule has 1 aliphatic rings. The van der Waals surface area contributed by atoms with Crippen molar-refractivity contribution in [1.29, 1.82) is 0 Å². The number of esters is 1. The Balaban J connectivity index is 2.20. The van der Waals surface area contributed by atoms with Crippen LogP contribution < -0.4 is 4.74 Å². The average Bonchev–Trinajstić information content (AvgIpc) is 2.32. The highest BCUT2D eigenvalue weighted by molar-refractivity contribution is 5.73. The van der Waals surface area contributed by atoms with E-state index in [-0.39, 0.29) is 23.4 Å². The number of hydrogen-bond acceptors (Lipinski definition) is 3. The summed E-state index contributed by atoms with van der Waals surface area (Å²) in [4.78, 5) is 12.2. The molecule has 0 aliphatic heterocycles. The van der Waals surface area contributed by atoms with Crippen LogP contribution in [-0.4, -0.2) is 13.1 Å². The molecule has 0 unspecified atom stereocenters. The van der Waals surface area contributed by atoms with E-state index in [4.69, 9.17) is 9.47 Å². The van der Waals surface area contributed by atoms with Gasteiger partial charge in [-0.15, -0.1) is 0 Å². The van der Waals surface area contributed by atoms with Gasteiger partial charge in [0.05, 0.1) is 13.0 Å². The van der Waals surface area contributed by atoms with E-state index in [0.717, 1.165) is 30.6 Å². The van der Waals surface area contributed by atoms with E-state index in [1.807, 2.05) is 24.3 Å². The predicted molar refractivity (Wildman–Crippen MR) is 78.6 cm³/mol. The standard InChI is InChI=1S/C17H24O3/c1-17(2,3)15(20-16(18)12-7-5-8-12)13-9-6-10-14(11-13)19-4/h6,9-12,15H,5,7-8H2,1-4H3/t15-/m1/s1. The molecule has 1 aliphatic carbocycles. The van der Waals surface area contributed by atoms with Crippen molar-refractivity contribution in [3.05, 3.63) is 29.8 Å². The first-order valence-corrected chi connectivity index (χ1v) is 7.26. The van der Waals surface area contributed by atoms with Crippen LogP contribution in [0.3, 0.4) is 0 Å². The molecule has 0 N–H and O–H groups in total. The van der Waals surface area contributed by atoms with Crippen LogP contribution in [0.1, 0.15) is 51.7 Å². The van der Waals surface area contributed by atoms with Gasteiger partial charge in [0.15, 0.2) is 0 Å². The van der Waals surface area contributed by atoms with Crippen molar-refractivity contribution in [2.75, 3.05) is 7.11 Å². The molecule has 0 heterocycles. The van der Waals surface area contributed by atoms with Gasteiger partial charge < -0.3 is 9.47 Å². The van der Waals surface area contributed by atoms with Crippen LogP contribution in [0.5, 0.6) is 5.75 Å². The summed E-state index contributed by atoms with van der Waals surface area (Å²) < 4.78 is 11.1. The van der Waals surface area contributed by atoms with E-state index < -0.39 is 0 Å². The fraction of sp³-hybridized carbons (Fsp3) is 0.588. The Morgan fingerprint density at radius 3 is 2.50 bits per heavy atom. The number of benzene rings is 1. The summed E-state index contributed by atoms with van der Waals surface area (Å²) in [6.07, 6.45) is 2.83. The van der Waals surface area contributed by atoms with Crippen LogP contribution >= 0.6 is 0 Å². The Bertz CT molecular complexity index is 469. The van der Waals surface area contributed by atoms with Crippen LogP contribution in [0.4, 0.5) is 0 Å². The Morgan fingerprint density at radius 1 is 1.30 bits per heavy atom. The number of carbonyl (C=O) groups is 1. The molecule has 0 bridgehead atoms. The second-order valence-electron chi connectivity index (χ2n) is 6.59. The molecular weight excluding hydrogens is 252 g/mol. The van der Waals surface area contributed by atoms with Crippen LogP contribution in [0, 0.1) is 11.3 Å². The summed E-state index contributed by atoms with van der Waals surface area (Å²) in [5, 5.41) is 0. The fourth-order valence-corrected chi connectivity index (χ4v) is 2.41. The lowest BCUT2D eigenvalue weighted by Crippen LogP contribution is -2.30. The molecule has 0 radical (unpaired) electrons. The van der Waals surface area contributed by atoms with Gasteiger partial charge in [-0.2, -0.15) is 0 Å². The summed E-state index contributed by atoms with van der Waals surface area (Å²) in [5.74, 6) is 0.834. The van der Waals surface area contributed by atoms with Crippen molar-refractivity contribution in [1.82, 2.24) is 0 Å². The van der Waals surface area contributed by atoms with Crippen molar-refractivity contribution >= 4 is 5.97 Å². The SMILES string of the molecule is COc1cccc([C@@H](OC(=O)C2CCC2)C(C)(C)C)c1. The predicted octanol–water partition coefficient (Wildman–Crippen LogP) is 4.13. The van der Waals surface area contributed by atoms with Gasteiger partial charge >= 0.3 is 5.97 Å². The van der Waals surface area contributed by atoms with Gasteiger partial charge in [0.2, 0.25) is 0 Å². The number of ether oxygens (including phenoxy) is 2. The first-order chi connectivity index (χ1) is 9.41. The van der Waals surface area contributed by atoms with Gasteiger partial charge in [0.1, 0.15) is 11.9 Å². The molecule has 20 heavy (non-hydrogen) atoms. The average molecular weight is 276 g/mol. The highest BCUT2D eigenvalue weighted by Gasteiger charge is 2.34. The third-order valence-electron chi connectivity index (χ3n) is 3.86. The molecule has 0 aromatic heterocycles.